The second-order valence-electron chi connectivity index (χ2n) is 3.73. The van der Waals surface area contributed by atoms with Crippen LogP contribution in [0.2, 0.25) is 0 Å². The number of carbonyl (C=O) groups is 1. The van der Waals surface area contributed by atoms with E-state index >= 15 is 0 Å². The van der Waals surface area contributed by atoms with E-state index in [0.717, 1.165) is 17.9 Å². The van der Waals surface area contributed by atoms with Gasteiger partial charge in [-0.3, -0.25) is 4.79 Å². The molecule has 1 saturated carbocycles. The number of carbonyl (C=O) groups excluding carboxylic acids is 1. The number of thioether (sulfide) groups is 1. The molecule has 1 aliphatic rings. The lowest BCUT2D eigenvalue weighted by Crippen LogP contribution is -2.39. The van der Waals surface area contributed by atoms with E-state index < -0.39 is 0 Å². The van der Waals surface area contributed by atoms with Crippen LogP contribution >= 0.6 is 11.8 Å². The molecule has 1 atom stereocenters. The van der Waals surface area contributed by atoms with Crippen LogP contribution in [0.15, 0.2) is 0 Å². The van der Waals surface area contributed by atoms with Crippen molar-refractivity contribution in [1.29, 1.82) is 0 Å². The van der Waals surface area contributed by atoms with Gasteiger partial charge in [-0.05, 0) is 37.7 Å². The third-order valence-electron chi connectivity index (χ3n) is 2.34. The maximum atomic E-state index is 11.6. The zero-order valence-electron chi connectivity index (χ0n) is 9.62. The van der Waals surface area contributed by atoms with E-state index in [0.29, 0.717) is 12.6 Å². The minimum atomic E-state index is -0.0866. The second kappa shape index (κ2) is 7.12. The van der Waals surface area contributed by atoms with Crippen LogP contribution in [-0.4, -0.2) is 36.2 Å². The molecule has 88 valence electrons. The lowest BCUT2D eigenvalue weighted by Gasteiger charge is -2.16. The van der Waals surface area contributed by atoms with Crippen LogP contribution in [0.1, 0.15) is 33.1 Å². The molecule has 0 heterocycles. The molecule has 0 bridgehead atoms. The molecular weight excluding hydrogens is 210 g/mol. The molecule has 3 nitrogen and oxygen atoms in total. The van der Waals surface area contributed by atoms with E-state index in [2.05, 4.69) is 12.2 Å². The summed E-state index contributed by atoms with van der Waals surface area (Å²) in [6.45, 7) is 4.47. The third-order valence-corrected chi connectivity index (χ3v) is 3.27. The number of esters is 1. The molecular formula is C11H21NO2S. The van der Waals surface area contributed by atoms with Gasteiger partial charge in [0.25, 0.3) is 0 Å². The predicted octanol–water partition coefficient (Wildman–Crippen LogP) is 1.81. The molecule has 0 aromatic heterocycles. The van der Waals surface area contributed by atoms with Crippen molar-refractivity contribution in [2.24, 2.45) is 0 Å². The molecule has 0 saturated heterocycles. The van der Waals surface area contributed by atoms with Gasteiger partial charge in [-0.2, -0.15) is 11.8 Å². The molecule has 1 N–H and O–H groups in total. The molecule has 1 aliphatic carbocycles. The highest BCUT2D eigenvalue weighted by Crippen LogP contribution is 2.20. The fourth-order valence-electron chi connectivity index (χ4n) is 1.39. The quantitative estimate of drug-likeness (QED) is 0.511. The zero-order chi connectivity index (χ0) is 11.1. The molecule has 4 heteroatoms. The van der Waals surface area contributed by atoms with E-state index in [-0.39, 0.29) is 12.0 Å². The highest BCUT2D eigenvalue weighted by molar-refractivity contribution is 7.99. The largest absolute Gasteiger partial charge is 0.465 e. The van der Waals surface area contributed by atoms with Crippen molar-refractivity contribution in [2.75, 3.05) is 18.1 Å². The fourth-order valence-corrected chi connectivity index (χ4v) is 2.08. The second-order valence-corrected chi connectivity index (χ2v) is 5.13. The van der Waals surface area contributed by atoms with Crippen molar-refractivity contribution in [1.82, 2.24) is 5.32 Å². The molecule has 0 spiro atoms. The summed E-state index contributed by atoms with van der Waals surface area (Å²) in [6.07, 6.45) is 3.29. The molecule has 1 rings (SSSR count). The molecule has 0 aromatic rings. The molecule has 1 unspecified atom stereocenters. The van der Waals surface area contributed by atoms with Crippen LogP contribution < -0.4 is 5.32 Å². The highest BCUT2D eigenvalue weighted by atomic mass is 32.2. The van der Waals surface area contributed by atoms with E-state index in [9.17, 15) is 4.79 Å². The average Bonchev–Trinajstić information content (AvgIpc) is 3.01. The van der Waals surface area contributed by atoms with Gasteiger partial charge < -0.3 is 10.1 Å². The fraction of sp³-hybridized carbons (Fsp3) is 0.909. The Kier molecular flexibility index (Phi) is 6.10. The third kappa shape index (κ3) is 5.42. The first kappa shape index (κ1) is 12.8. The smallest absolute Gasteiger partial charge is 0.323 e. The average molecular weight is 231 g/mol. The predicted molar refractivity (Wildman–Crippen MR) is 64.2 cm³/mol. The van der Waals surface area contributed by atoms with Gasteiger partial charge in [0, 0.05) is 6.04 Å². The lowest BCUT2D eigenvalue weighted by atomic mass is 10.2. The maximum Gasteiger partial charge on any atom is 0.323 e. The minimum Gasteiger partial charge on any atom is -0.465 e. The van der Waals surface area contributed by atoms with Crippen molar-refractivity contribution >= 4 is 17.7 Å². The first-order valence-corrected chi connectivity index (χ1v) is 6.93. The zero-order valence-corrected chi connectivity index (χ0v) is 10.4. The van der Waals surface area contributed by atoms with Gasteiger partial charge in [0.1, 0.15) is 6.04 Å². The summed E-state index contributed by atoms with van der Waals surface area (Å²) in [7, 11) is 0. The Balaban J connectivity index is 2.26. The summed E-state index contributed by atoms with van der Waals surface area (Å²) in [5, 5.41) is 3.35. The molecule has 1 fully saturated rings. The van der Waals surface area contributed by atoms with Crippen LogP contribution in [0.4, 0.5) is 0 Å². The van der Waals surface area contributed by atoms with E-state index in [1.807, 2.05) is 18.7 Å². The number of hydrogen-bond donors (Lipinski definition) is 1. The van der Waals surface area contributed by atoms with Crippen LogP contribution in [0.3, 0.4) is 0 Å². The Bertz CT molecular complexity index is 195. The van der Waals surface area contributed by atoms with Crippen molar-refractivity contribution in [2.45, 2.75) is 45.2 Å². The number of hydrogen-bond acceptors (Lipinski definition) is 4. The minimum absolute atomic E-state index is 0.0823. The normalized spacial score (nSPS) is 17.5. The van der Waals surface area contributed by atoms with Crippen molar-refractivity contribution < 1.29 is 9.53 Å². The first-order valence-electron chi connectivity index (χ1n) is 5.78. The first-order chi connectivity index (χ1) is 7.27. The number of rotatable bonds is 8. The summed E-state index contributed by atoms with van der Waals surface area (Å²) in [6, 6.07) is 0.475. The van der Waals surface area contributed by atoms with Gasteiger partial charge in [-0.1, -0.05) is 6.92 Å². The number of nitrogens with one attached hydrogen (secondary N) is 1. The van der Waals surface area contributed by atoms with Crippen LogP contribution in [0.5, 0.6) is 0 Å². The Labute approximate surface area is 96.3 Å². The Hall–Kier alpha value is -0.220. The highest BCUT2D eigenvalue weighted by Gasteiger charge is 2.28. The van der Waals surface area contributed by atoms with Gasteiger partial charge in [0.2, 0.25) is 0 Å². The van der Waals surface area contributed by atoms with Gasteiger partial charge in [-0.25, -0.2) is 0 Å². The van der Waals surface area contributed by atoms with E-state index in [4.69, 9.17) is 4.74 Å². The van der Waals surface area contributed by atoms with Crippen LogP contribution in [0.25, 0.3) is 0 Å². The Morgan fingerprint density at radius 1 is 1.53 bits per heavy atom. The maximum absolute atomic E-state index is 11.6. The van der Waals surface area contributed by atoms with Gasteiger partial charge in [0.05, 0.1) is 6.61 Å². The molecule has 0 aromatic carbocycles. The van der Waals surface area contributed by atoms with Gasteiger partial charge in [-0.15, -0.1) is 0 Å². The van der Waals surface area contributed by atoms with E-state index in [1.165, 1.54) is 12.8 Å². The van der Waals surface area contributed by atoms with Gasteiger partial charge in [0.15, 0.2) is 0 Å². The molecule has 0 amide bonds. The summed E-state index contributed by atoms with van der Waals surface area (Å²) >= 11 is 1.87. The summed E-state index contributed by atoms with van der Waals surface area (Å²) in [5.74, 6) is 2.06. The molecule has 15 heavy (non-hydrogen) atoms. The topological polar surface area (TPSA) is 38.3 Å². The van der Waals surface area contributed by atoms with Crippen molar-refractivity contribution in [3.8, 4) is 0 Å². The van der Waals surface area contributed by atoms with Gasteiger partial charge >= 0.3 is 5.97 Å². The monoisotopic (exact) mass is 231 g/mol. The summed E-state index contributed by atoms with van der Waals surface area (Å²) < 4.78 is 5.05. The summed E-state index contributed by atoms with van der Waals surface area (Å²) in [4.78, 5) is 11.6. The standard InChI is InChI=1S/C11H21NO2S/c1-3-14-11(13)10(7-8-15-4-2)12-9-5-6-9/h9-10,12H,3-8H2,1-2H3. The van der Waals surface area contributed by atoms with Crippen molar-refractivity contribution in [3.05, 3.63) is 0 Å². The van der Waals surface area contributed by atoms with Crippen LogP contribution in [-0.2, 0) is 9.53 Å². The lowest BCUT2D eigenvalue weighted by molar-refractivity contribution is -0.145. The van der Waals surface area contributed by atoms with Crippen LogP contribution in [0, 0.1) is 0 Å². The SMILES string of the molecule is CCOC(=O)C(CCSCC)NC1CC1. The Morgan fingerprint density at radius 2 is 2.27 bits per heavy atom. The number of ether oxygens (including phenoxy) is 1. The Morgan fingerprint density at radius 3 is 2.80 bits per heavy atom. The van der Waals surface area contributed by atoms with Crippen molar-refractivity contribution in [3.63, 3.8) is 0 Å². The molecule has 0 radical (unpaired) electrons. The summed E-state index contributed by atoms with van der Waals surface area (Å²) in [5.41, 5.74) is 0. The van der Waals surface area contributed by atoms with E-state index in [1.54, 1.807) is 0 Å². The molecule has 0 aliphatic heterocycles.